The highest BCUT2D eigenvalue weighted by molar-refractivity contribution is 6.37. The number of hydrogen-bond acceptors (Lipinski definition) is 5. The molecular formula is C29H29Cl2N3O6. The minimum atomic E-state index is -1.14. The number of halogens is 2. The number of nitrogens with zero attached hydrogens (tertiary/aromatic N) is 1. The van der Waals surface area contributed by atoms with Crippen LogP contribution in [0.5, 0.6) is 11.5 Å². The molecule has 0 bridgehead atoms. The number of likely N-dealkylation sites (tertiary alicyclic amines) is 1. The van der Waals surface area contributed by atoms with E-state index >= 15 is 0 Å². The maximum absolute atomic E-state index is 13.2. The van der Waals surface area contributed by atoms with Gasteiger partial charge >= 0.3 is 12.0 Å². The van der Waals surface area contributed by atoms with Gasteiger partial charge in [0.1, 0.15) is 12.4 Å². The highest BCUT2D eigenvalue weighted by Gasteiger charge is 2.30. The van der Waals surface area contributed by atoms with Crippen molar-refractivity contribution in [1.82, 2.24) is 4.90 Å². The molecule has 1 atom stereocenters. The smallest absolute Gasteiger partial charge is 0.335 e. The lowest BCUT2D eigenvalue weighted by molar-refractivity contribution is -0.131. The molecule has 11 heteroatoms. The van der Waals surface area contributed by atoms with Crippen LogP contribution in [-0.4, -0.2) is 54.2 Å². The number of aromatic carboxylic acids is 1. The summed E-state index contributed by atoms with van der Waals surface area (Å²) in [6.45, 7) is 2.66. The van der Waals surface area contributed by atoms with Crippen molar-refractivity contribution in [3.63, 3.8) is 0 Å². The van der Waals surface area contributed by atoms with Crippen molar-refractivity contribution in [2.24, 2.45) is 0 Å². The predicted molar refractivity (Wildman–Crippen MR) is 154 cm³/mol. The van der Waals surface area contributed by atoms with Crippen LogP contribution in [0.1, 0.15) is 34.3 Å². The average Bonchev–Trinajstić information content (AvgIpc) is 3.39. The molecule has 0 spiro atoms. The molecule has 3 amide bonds. The van der Waals surface area contributed by atoms with Crippen LogP contribution >= 0.6 is 23.2 Å². The molecule has 0 aromatic heterocycles. The lowest BCUT2D eigenvalue weighted by Gasteiger charge is -2.25. The SMILES string of the molecule is COc1cc(CC(=O)N2CCC[C@H]2COc2c(Cl)cc(C(=O)O)cc2Cl)ccc1NC(=O)Nc1ccccc1C. The number of para-hydroxylation sites is 1. The Labute approximate surface area is 242 Å². The van der Waals surface area contributed by atoms with Crippen molar-refractivity contribution in [3.8, 4) is 11.5 Å². The number of ether oxygens (including phenoxy) is 2. The van der Waals surface area contributed by atoms with E-state index in [9.17, 15) is 14.4 Å². The number of carbonyl (C=O) groups excluding carboxylic acids is 2. The molecule has 0 radical (unpaired) electrons. The quantitative estimate of drug-likeness (QED) is 0.272. The van der Waals surface area contributed by atoms with Crippen molar-refractivity contribution in [3.05, 3.63) is 81.3 Å². The molecule has 4 rings (SSSR count). The molecule has 9 nitrogen and oxygen atoms in total. The van der Waals surface area contributed by atoms with E-state index in [1.54, 1.807) is 23.1 Å². The number of anilines is 2. The molecule has 210 valence electrons. The molecule has 0 aliphatic carbocycles. The number of carbonyl (C=O) groups is 3. The first kappa shape index (κ1) is 29.0. The van der Waals surface area contributed by atoms with Crippen LogP contribution in [0.4, 0.5) is 16.2 Å². The van der Waals surface area contributed by atoms with Crippen LogP contribution < -0.4 is 20.1 Å². The summed E-state index contributed by atoms with van der Waals surface area (Å²) in [4.78, 5) is 38.7. The zero-order chi connectivity index (χ0) is 28.8. The summed E-state index contributed by atoms with van der Waals surface area (Å²) < 4.78 is 11.3. The number of nitrogens with one attached hydrogen (secondary N) is 2. The van der Waals surface area contributed by atoms with Gasteiger partial charge in [0.25, 0.3) is 0 Å². The van der Waals surface area contributed by atoms with Crippen LogP contribution in [0.2, 0.25) is 10.0 Å². The van der Waals surface area contributed by atoms with Gasteiger partial charge in [-0.1, -0.05) is 47.5 Å². The number of rotatable bonds is 9. The highest BCUT2D eigenvalue weighted by atomic mass is 35.5. The molecule has 3 aromatic rings. The van der Waals surface area contributed by atoms with E-state index in [1.165, 1.54) is 19.2 Å². The Balaban J connectivity index is 1.38. The normalized spacial score (nSPS) is 14.5. The van der Waals surface area contributed by atoms with E-state index in [0.717, 1.165) is 24.0 Å². The van der Waals surface area contributed by atoms with E-state index in [1.807, 2.05) is 31.2 Å². The Bertz CT molecular complexity index is 1410. The minimum absolute atomic E-state index is 0.0383. The van der Waals surface area contributed by atoms with Crippen LogP contribution in [-0.2, 0) is 11.2 Å². The number of aryl methyl sites for hydroxylation is 1. The zero-order valence-electron chi connectivity index (χ0n) is 22.0. The monoisotopic (exact) mass is 585 g/mol. The van der Waals surface area contributed by atoms with Gasteiger partial charge in [-0.2, -0.15) is 0 Å². The molecule has 3 N–H and O–H groups in total. The zero-order valence-corrected chi connectivity index (χ0v) is 23.5. The summed E-state index contributed by atoms with van der Waals surface area (Å²) in [6.07, 6.45) is 1.70. The fraction of sp³-hybridized carbons (Fsp3) is 0.276. The van der Waals surface area contributed by atoms with Crippen molar-refractivity contribution in [1.29, 1.82) is 0 Å². The Morgan fingerprint density at radius 1 is 1.02 bits per heavy atom. The second-order valence-corrected chi connectivity index (χ2v) is 10.2. The van der Waals surface area contributed by atoms with Gasteiger partial charge in [-0.05, 0) is 61.2 Å². The molecule has 1 fully saturated rings. The number of urea groups is 1. The van der Waals surface area contributed by atoms with Gasteiger partial charge in [-0.15, -0.1) is 0 Å². The molecule has 3 aromatic carbocycles. The lowest BCUT2D eigenvalue weighted by atomic mass is 10.1. The van der Waals surface area contributed by atoms with Crippen LogP contribution in [0.25, 0.3) is 0 Å². The summed E-state index contributed by atoms with van der Waals surface area (Å²) in [7, 11) is 1.50. The van der Waals surface area contributed by atoms with Crippen LogP contribution in [0, 0.1) is 6.92 Å². The lowest BCUT2D eigenvalue weighted by Crippen LogP contribution is -2.40. The third-order valence-electron chi connectivity index (χ3n) is 6.63. The van der Waals surface area contributed by atoms with Gasteiger partial charge in [0.15, 0.2) is 5.75 Å². The average molecular weight is 586 g/mol. The second kappa shape index (κ2) is 12.9. The van der Waals surface area contributed by atoms with E-state index in [2.05, 4.69) is 10.6 Å². The van der Waals surface area contributed by atoms with E-state index in [-0.39, 0.29) is 46.3 Å². The number of carboxylic acids is 1. The van der Waals surface area contributed by atoms with Gasteiger partial charge < -0.3 is 30.1 Å². The fourth-order valence-corrected chi connectivity index (χ4v) is 5.15. The minimum Gasteiger partial charge on any atom is -0.495 e. The number of methoxy groups -OCH3 is 1. The topological polar surface area (TPSA) is 117 Å². The van der Waals surface area contributed by atoms with Crippen molar-refractivity contribution < 1.29 is 29.0 Å². The molecule has 1 aliphatic rings. The van der Waals surface area contributed by atoms with Crippen molar-refractivity contribution >= 4 is 52.5 Å². The van der Waals surface area contributed by atoms with E-state index in [4.69, 9.17) is 37.8 Å². The molecule has 1 aliphatic heterocycles. The maximum Gasteiger partial charge on any atom is 0.335 e. The van der Waals surface area contributed by atoms with E-state index in [0.29, 0.717) is 23.7 Å². The molecule has 0 unspecified atom stereocenters. The summed E-state index contributed by atoms with van der Waals surface area (Å²) in [5.41, 5.74) is 2.80. The third kappa shape index (κ3) is 6.97. The summed E-state index contributed by atoms with van der Waals surface area (Å²) in [5.74, 6) is -0.606. The van der Waals surface area contributed by atoms with Gasteiger partial charge in [0.2, 0.25) is 5.91 Å². The first-order valence-electron chi connectivity index (χ1n) is 12.6. The molecule has 1 saturated heterocycles. The van der Waals surface area contributed by atoms with Gasteiger partial charge in [0.05, 0.1) is 40.9 Å². The van der Waals surface area contributed by atoms with Crippen LogP contribution in [0.3, 0.4) is 0 Å². The summed E-state index contributed by atoms with van der Waals surface area (Å²) >= 11 is 12.4. The first-order valence-corrected chi connectivity index (χ1v) is 13.4. The first-order chi connectivity index (χ1) is 19.2. The molecule has 0 saturated carbocycles. The highest BCUT2D eigenvalue weighted by Crippen LogP contribution is 2.35. The standard InChI is InChI=1S/C29H29Cl2N3O6/c1-17-6-3-4-8-23(17)32-29(38)33-24-10-9-18(12-25(24)39-2)13-26(35)34-11-5-7-20(34)16-40-27-21(30)14-19(28(36)37)15-22(27)31/h3-4,6,8-10,12,14-15,20H,5,7,11,13,16H2,1-2H3,(H,36,37)(H2,32,33,38)/t20-/m0/s1. The van der Waals surface area contributed by atoms with E-state index < -0.39 is 12.0 Å². The number of amides is 3. The largest absolute Gasteiger partial charge is 0.495 e. The van der Waals surface area contributed by atoms with Gasteiger partial charge in [-0.25, -0.2) is 9.59 Å². The van der Waals surface area contributed by atoms with Crippen molar-refractivity contribution in [2.75, 3.05) is 30.9 Å². The maximum atomic E-state index is 13.2. The predicted octanol–water partition coefficient (Wildman–Crippen LogP) is 6.27. The summed E-state index contributed by atoms with van der Waals surface area (Å²) in [6, 6.07) is 14.6. The van der Waals surface area contributed by atoms with Crippen molar-refractivity contribution in [2.45, 2.75) is 32.2 Å². The summed E-state index contributed by atoms with van der Waals surface area (Å²) in [5, 5.41) is 15.0. The number of carboxylic acid groups (broad SMARTS) is 1. The van der Waals surface area contributed by atoms with Crippen LogP contribution in [0.15, 0.2) is 54.6 Å². The van der Waals surface area contributed by atoms with Gasteiger partial charge in [0, 0.05) is 12.2 Å². The third-order valence-corrected chi connectivity index (χ3v) is 7.19. The van der Waals surface area contributed by atoms with Gasteiger partial charge in [-0.3, -0.25) is 4.79 Å². The Hall–Kier alpha value is -3.95. The molecule has 40 heavy (non-hydrogen) atoms. The number of benzene rings is 3. The fourth-order valence-electron chi connectivity index (χ4n) is 4.55. The Kier molecular flexibility index (Phi) is 9.39. The second-order valence-electron chi connectivity index (χ2n) is 9.37. The Morgan fingerprint density at radius 2 is 1.73 bits per heavy atom. The number of hydrogen-bond donors (Lipinski definition) is 3. The Morgan fingerprint density at radius 3 is 2.40 bits per heavy atom. The molecule has 1 heterocycles. The molecular weight excluding hydrogens is 557 g/mol.